The predicted molar refractivity (Wildman–Crippen MR) is 46.3 cm³/mol. The second kappa shape index (κ2) is 4.28. The molecule has 0 amide bonds. The number of anilines is 1. The number of halogens is 1. The number of methoxy groups -OCH3 is 1. The summed E-state index contributed by atoms with van der Waals surface area (Å²) in [4.78, 5) is 3.63. The largest absolute Gasteiger partial charge is 0.479 e. The molecular formula is C8H8FN3O2. The Morgan fingerprint density at radius 2 is 2.36 bits per heavy atom. The molecule has 74 valence electrons. The maximum atomic E-state index is 13.1. The van der Waals surface area contributed by atoms with Crippen LogP contribution in [0.25, 0.3) is 0 Å². The van der Waals surface area contributed by atoms with Crippen LogP contribution in [0.15, 0.2) is 6.07 Å². The third kappa shape index (κ3) is 2.01. The van der Waals surface area contributed by atoms with Gasteiger partial charge in [0.2, 0.25) is 5.88 Å². The minimum Gasteiger partial charge on any atom is -0.479 e. The molecule has 0 aromatic carbocycles. The lowest BCUT2D eigenvalue weighted by molar-refractivity contribution is 0.318. The minimum atomic E-state index is -0.724. The summed E-state index contributed by atoms with van der Waals surface area (Å²) in [7, 11) is 1.35. The molecule has 1 aromatic heterocycles. The van der Waals surface area contributed by atoms with Crippen molar-refractivity contribution in [3.05, 3.63) is 11.9 Å². The highest BCUT2D eigenvalue weighted by Crippen LogP contribution is 2.24. The number of hydrogen-bond acceptors (Lipinski definition) is 5. The molecule has 1 heterocycles. The van der Waals surface area contributed by atoms with Crippen molar-refractivity contribution in [1.82, 2.24) is 4.98 Å². The number of hydrogen-bond donors (Lipinski definition) is 1. The van der Waals surface area contributed by atoms with Crippen LogP contribution in [-0.2, 0) is 0 Å². The van der Waals surface area contributed by atoms with Gasteiger partial charge in [-0.3, -0.25) is 0 Å². The van der Waals surface area contributed by atoms with Crippen LogP contribution in [0.3, 0.4) is 0 Å². The Hall–Kier alpha value is -2.03. The zero-order chi connectivity index (χ0) is 10.6. The molecule has 0 saturated carbocycles. The highest BCUT2D eigenvalue weighted by Gasteiger charge is 2.10. The number of nitrogens with zero attached hydrogens (tertiary/aromatic N) is 2. The van der Waals surface area contributed by atoms with Gasteiger partial charge in [0.05, 0.1) is 12.8 Å². The molecule has 0 unspecified atom stereocenters. The lowest BCUT2D eigenvalue weighted by atomic mass is 10.4. The molecule has 0 saturated heterocycles. The molecule has 0 aliphatic heterocycles. The maximum Gasteiger partial charge on any atom is 0.254 e. The first-order valence-corrected chi connectivity index (χ1v) is 3.68. The highest BCUT2D eigenvalue weighted by atomic mass is 19.1. The molecule has 0 atom stereocenters. The van der Waals surface area contributed by atoms with Gasteiger partial charge >= 0.3 is 0 Å². The van der Waals surface area contributed by atoms with E-state index < -0.39 is 5.82 Å². The molecule has 2 N–H and O–H groups in total. The summed E-state index contributed by atoms with van der Waals surface area (Å²) >= 11 is 0. The molecule has 0 bridgehead atoms. The van der Waals surface area contributed by atoms with Gasteiger partial charge in [-0.15, -0.1) is 0 Å². The lowest BCUT2D eigenvalue weighted by Crippen LogP contribution is -2.03. The molecule has 0 spiro atoms. The van der Waals surface area contributed by atoms with Gasteiger partial charge in [-0.25, -0.2) is 4.39 Å². The number of nitrogens with two attached hydrogens (primary N) is 1. The number of aromatic nitrogens is 1. The van der Waals surface area contributed by atoms with E-state index in [1.807, 2.05) is 0 Å². The van der Waals surface area contributed by atoms with Crippen molar-refractivity contribution in [2.24, 2.45) is 0 Å². The molecule has 0 fully saturated rings. The van der Waals surface area contributed by atoms with Crippen LogP contribution in [0.5, 0.6) is 11.8 Å². The van der Waals surface area contributed by atoms with E-state index in [1.165, 1.54) is 7.11 Å². The van der Waals surface area contributed by atoms with E-state index in [4.69, 9.17) is 20.5 Å². The number of ether oxygens (including phenoxy) is 2. The average Bonchev–Trinajstić information content (AvgIpc) is 2.17. The van der Waals surface area contributed by atoms with Gasteiger partial charge in [0.1, 0.15) is 6.07 Å². The maximum absolute atomic E-state index is 13.1. The van der Waals surface area contributed by atoms with E-state index >= 15 is 0 Å². The highest BCUT2D eigenvalue weighted by molar-refractivity contribution is 5.49. The van der Waals surface area contributed by atoms with Gasteiger partial charge in [0.15, 0.2) is 12.4 Å². The van der Waals surface area contributed by atoms with Crippen LogP contribution in [0.1, 0.15) is 0 Å². The van der Waals surface area contributed by atoms with E-state index in [0.717, 1.165) is 6.07 Å². The van der Waals surface area contributed by atoms with Gasteiger partial charge in [-0.2, -0.15) is 10.2 Å². The Balaban J connectivity index is 2.99. The van der Waals surface area contributed by atoms with Gasteiger partial charge < -0.3 is 15.2 Å². The van der Waals surface area contributed by atoms with Crippen molar-refractivity contribution in [3.63, 3.8) is 0 Å². The van der Waals surface area contributed by atoms with Crippen LogP contribution in [0, 0.1) is 17.1 Å². The summed E-state index contributed by atoms with van der Waals surface area (Å²) in [6.45, 7) is -0.281. The summed E-state index contributed by atoms with van der Waals surface area (Å²) in [6.07, 6.45) is 0. The zero-order valence-electron chi connectivity index (χ0n) is 7.45. The Morgan fingerprint density at radius 1 is 1.64 bits per heavy atom. The summed E-state index contributed by atoms with van der Waals surface area (Å²) < 4.78 is 22.5. The van der Waals surface area contributed by atoms with Crippen molar-refractivity contribution < 1.29 is 13.9 Å². The van der Waals surface area contributed by atoms with Crippen molar-refractivity contribution in [2.75, 3.05) is 19.5 Å². The first kappa shape index (κ1) is 10.1. The second-order valence-electron chi connectivity index (χ2n) is 2.32. The predicted octanol–water partition coefficient (Wildman–Crippen LogP) is 0.714. The molecule has 1 aromatic rings. The van der Waals surface area contributed by atoms with Crippen LogP contribution in [-0.4, -0.2) is 18.7 Å². The Labute approximate surface area is 79.9 Å². The second-order valence-corrected chi connectivity index (χ2v) is 2.32. The SMILES string of the molecule is COc1nc(OCC#N)c(F)cc1N. The van der Waals surface area contributed by atoms with E-state index in [2.05, 4.69) is 4.98 Å². The van der Waals surface area contributed by atoms with Gasteiger partial charge in [0, 0.05) is 6.07 Å². The molecule has 0 radical (unpaired) electrons. The van der Waals surface area contributed by atoms with E-state index in [9.17, 15) is 4.39 Å². The molecule has 1 rings (SSSR count). The Kier molecular flexibility index (Phi) is 3.07. The van der Waals surface area contributed by atoms with E-state index in [1.54, 1.807) is 6.07 Å². The molecule has 0 aliphatic rings. The van der Waals surface area contributed by atoms with Crippen LogP contribution in [0.4, 0.5) is 10.1 Å². The van der Waals surface area contributed by atoms with Crippen LogP contribution < -0.4 is 15.2 Å². The first-order valence-electron chi connectivity index (χ1n) is 3.68. The summed E-state index contributed by atoms with van der Waals surface area (Å²) in [5.41, 5.74) is 5.46. The molecule has 6 heteroatoms. The lowest BCUT2D eigenvalue weighted by Gasteiger charge is -2.06. The molecular weight excluding hydrogens is 189 g/mol. The first-order chi connectivity index (χ1) is 6.69. The minimum absolute atomic E-state index is 0.0688. The van der Waals surface area contributed by atoms with Gasteiger partial charge in [-0.05, 0) is 0 Å². The summed E-state index contributed by atoms with van der Waals surface area (Å²) in [5.74, 6) is -0.949. The smallest absolute Gasteiger partial charge is 0.254 e. The van der Waals surface area contributed by atoms with E-state index in [0.29, 0.717) is 0 Å². The standard InChI is InChI=1S/C8H8FN3O2/c1-13-8-6(11)4-5(9)7(12-8)14-3-2-10/h4H,3,11H2,1H3. The number of rotatable bonds is 3. The number of nitrogen functional groups attached to an aromatic ring is 1. The zero-order valence-corrected chi connectivity index (χ0v) is 7.45. The van der Waals surface area contributed by atoms with Gasteiger partial charge in [-0.1, -0.05) is 0 Å². The van der Waals surface area contributed by atoms with Crippen molar-refractivity contribution >= 4 is 5.69 Å². The monoisotopic (exact) mass is 197 g/mol. The third-order valence-electron chi connectivity index (χ3n) is 1.40. The summed E-state index contributed by atoms with van der Waals surface area (Å²) in [5, 5.41) is 8.22. The third-order valence-corrected chi connectivity index (χ3v) is 1.40. The van der Waals surface area contributed by atoms with Gasteiger partial charge in [0.25, 0.3) is 5.88 Å². The normalized spacial score (nSPS) is 9.21. The average molecular weight is 197 g/mol. The fourth-order valence-corrected chi connectivity index (χ4v) is 0.836. The van der Waals surface area contributed by atoms with Crippen molar-refractivity contribution in [3.8, 4) is 17.8 Å². The number of nitriles is 1. The summed E-state index contributed by atoms with van der Waals surface area (Å²) in [6, 6.07) is 2.72. The van der Waals surface area contributed by atoms with Crippen LogP contribution >= 0.6 is 0 Å². The van der Waals surface area contributed by atoms with Crippen molar-refractivity contribution in [2.45, 2.75) is 0 Å². The van der Waals surface area contributed by atoms with Crippen molar-refractivity contribution in [1.29, 1.82) is 5.26 Å². The molecule has 5 nitrogen and oxygen atoms in total. The number of pyridine rings is 1. The molecule has 0 aliphatic carbocycles. The fourth-order valence-electron chi connectivity index (χ4n) is 0.836. The topological polar surface area (TPSA) is 81.2 Å². The Morgan fingerprint density at radius 3 is 2.93 bits per heavy atom. The Bertz CT molecular complexity index is 376. The van der Waals surface area contributed by atoms with Crippen LogP contribution in [0.2, 0.25) is 0 Å². The van der Waals surface area contributed by atoms with E-state index in [-0.39, 0.29) is 24.1 Å². The molecule has 14 heavy (non-hydrogen) atoms. The fraction of sp³-hybridized carbons (Fsp3) is 0.250. The quantitative estimate of drug-likeness (QED) is 0.771.